The van der Waals surface area contributed by atoms with Gasteiger partial charge in [0.25, 0.3) is 5.91 Å². The van der Waals surface area contributed by atoms with E-state index >= 15 is 0 Å². The Hall–Kier alpha value is -1.56. The Morgan fingerprint density at radius 1 is 1.22 bits per heavy atom. The van der Waals surface area contributed by atoms with Crippen LogP contribution in [0.4, 0.5) is 0 Å². The van der Waals surface area contributed by atoms with Crippen LogP contribution in [-0.4, -0.2) is 40.7 Å². The van der Waals surface area contributed by atoms with Crippen molar-refractivity contribution in [3.63, 3.8) is 0 Å². The van der Waals surface area contributed by atoms with E-state index in [0.29, 0.717) is 29.4 Å². The maximum Gasteiger partial charge on any atom is 0.257 e. The summed E-state index contributed by atoms with van der Waals surface area (Å²) in [6.07, 6.45) is 1.81. The molecule has 2 rings (SSSR count). The van der Waals surface area contributed by atoms with Crippen molar-refractivity contribution in [3.8, 4) is 11.3 Å². The van der Waals surface area contributed by atoms with E-state index in [4.69, 9.17) is 22.4 Å². The van der Waals surface area contributed by atoms with Gasteiger partial charge in [-0.25, -0.2) is 0 Å². The van der Waals surface area contributed by atoms with Crippen LogP contribution >= 0.6 is 24.0 Å². The molecule has 0 atom stereocenters. The van der Waals surface area contributed by atoms with Crippen molar-refractivity contribution in [3.05, 3.63) is 41.0 Å². The van der Waals surface area contributed by atoms with Gasteiger partial charge in [0.2, 0.25) is 0 Å². The molecule has 1 heterocycles. The summed E-state index contributed by atoms with van der Waals surface area (Å²) in [7, 11) is 1.80. The van der Waals surface area contributed by atoms with E-state index in [9.17, 15) is 4.79 Å². The van der Waals surface area contributed by atoms with E-state index in [1.165, 1.54) is 0 Å². The molecule has 2 N–H and O–H groups in total. The molecule has 0 aliphatic carbocycles. The number of aromatic nitrogens is 2. The van der Waals surface area contributed by atoms with Crippen LogP contribution in [0, 0.1) is 5.41 Å². The molecule has 0 saturated heterocycles. The Morgan fingerprint density at radius 2 is 1.81 bits per heavy atom. The lowest BCUT2D eigenvalue weighted by atomic mass is 9.93. The fourth-order valence-electron chi connectivity index (χ4n) is 2.71. The molecule has 1 amide bonds. The van der Waals surface area contributed by atoms with Gasteiger partial charge in [0.1, 0.15) is 5.69 Å². The summed E-state index contributed by atoms with van der Waals surface area (Å²) in [6.45, 7) is 11.3. The molecule has 0 radical (unpaired) electrons. The molecule has 1 aromatic heterocycles. The highest BCUT2D eigenvalue weighted by Crippen LogP contribution is 2.31. The summed E-state index contributed by atoms with van der Waals surface area (Å²) in [5.41, 5.74) is 7.33. The average Bonchev–Trinajstić information content (AvgIpc) is 2.99. The van der Waals surface area contributed by atoms with Crippen molar-refractivity contribution < 1.29 is 4.79 Å². The van der Waals surface area contributed by atoms with E-state index < -0.39 is 0 Å². The fraction of sp³-hybridized carbons (Fsp3) is 0.500. The van der Waals surface area contributed by atoms with Gasteiger partial charge < -0.3 is 10.6 Å². The Morgan fingerprint density at radius 3 is 2.33 bits per heavy atom. The van der Waals surface area contributed by atoms with Crippen LogP contribution in [0.15, 0.2) is 30.5 Å². The molecule has 150 valence electrons. The Bertz CT molecular complexity index is 794. The number of carbonyl (C=O) groups excluding carboxylic acids is 1. The lowest BCUT2D eigenvalue weighted by molar-refractivity contribution is 0.0741. The molecule has 0 bridgehead atoms. The topological polar surface area (TPSA) is 64.2 Å². The fourth-order valence-corrected chi connectivity index (χ4v) is 2.94. The molecule has 0 unspecified atom stereocenters. The molecule has 5 nitrogen and oxygen atoms in total. The summed E-state index contributed by atoms with van der Waals surface area (Å²) in [6, 6.07) is 7.46. The molecule has 1 aromatic carbocycles. The molecule has 0 aliphatic rings. The second-order valence-electron chi connectivity index (χ2n) is 8.52. The number of benzene rings is 1. The monoisotopic (exact) mass is 412 g/mol. The summed E-state index contributed by atoms with van der Waals surface area (Å²) in [4.78, 5) is 14.9. The second kappa shape index (κ2) is 8.63. The van der Waals surface area contributed by atoms with Gasteiger partial charge >= 0.3 is 0 Å². The van der Waals surface area contributed by atoms with Crippen LogP contribution in [0.3, 0.4) is 0 Å². The number of hydrogen-bond acceptors (Lipinski definition) is 3. The number of nitrogens with zero attached hydrogens (tertiary/aromatic N) is 3. The van der Waals surface area contributed by atoms with Crippen molar-refractivity contribution in [1.29, 1.82) is 0 Å². The van der Waals surface area contributed by atoms with E-state index in [2.05, 4.69) is 0 Å². The zero-order valence-electron chi connectivity index (χ0n) is 16.9. The minimum absolute atomic E-state index is 0. The molecule has 0 fully saturated rings. The van der Waals surface area contributed by atoms with Crippen molar-refractivity contribution in [1.82, 2.24) is 14.7 Å². The van der Waals surface area contributed by atoms with Gasteiger partial charge in [0.05, 0.1) is 16.1 Å². The Balaban J connectivity index is 0.00000364. The third kappa shape index (κ3) is 5.47. The first-order chi connectivity index (χ1) is 12.0. The van der Waals surface area contributed by atoms with E-state index in [1.807, 2.05) is 69.8 Å². The van der Waals surface area contributed by atoms with Gasteiger partial charge in [-0.15, -0.1) is 12.4 Å². The molecule has 7 heteroatoms. The van der Waals surface area contributed by atoms with Gasteiger partial charge in [0.15, 0.2) is 0 Å². The van der Waals surface area contributed by atoms with Crippen molar-refractivity contribution in [2.24, 2.45) is 11.1 Å². The third-order valence-electron chi connectivity index (χ3n) is 4.33. The predicted molar refractivity (Wildman–Crippen MR) is 115 cm³/mol. The summed E-state index contributed by atoms with van der Waals surface area (Å²) in [5.74, 6) is -0.0862. The molecule has 0 spiro atoms. The minimum atomic E-state index is -0.246. The molecule has 2 aromatic rings. The molecule has 27 heavy (non-hydrogen) atoms. The first-order valence-corrected chi connectivity index (χ1v) is 9.14. The number of rotatable bonds is 5. The van der Waals surface area contributed by atoms with Crippen LogP contribution in [0.2, 0.25) is 5.02 Å². The maximum absolute atomic E-state index is 13.2. The number of carbonyl (C=O) groups is 1. The van der Waals surface area contributed by atoms with Crippen LogP contribution in [-0.2, 0) is 5.54 Å². The van der Waals surface area contributed by atoms with Crippen LogP contribution in [0.1, 0.15) is 45.0 Å². The lowest BCUT2D eigenvalue weighted by Gasteiger charge is -2.29. The first kappa shape index (κ1) is 23.5. The Kier molecular flexibility index (Phi) is 7.51. The molecular weight excluding hydrogens is 383 g/mol. The van der Waals surface area contributed by atoms with Crippen LogP contribution < -0.4 is 5.73 Å². The van der Waals surface area contributed by atoms with Gasteiger partial charge in [-0.1, -0.05) is 43.6 Å². The SMILES string of the molecule is CN(CC(C)(C)CN)C(=O)c1cn(C(C)(C)C)nc1-c1ccccc1Cl.Cl. The van der Waals surface area contributed by atoms with E-state index in [-0.39, 0.29) is 29.3 Å². The van der Waals surface area contributed by atoms with Crippen molar-refractivity contribution >= 4 is 29.9 Å². The number of halogens is 2. The smallest absolute Gasteiger partial charge is 0.257 e. The number of hydrogen-bond donors (Lipinski definition) is 1. The van der Waals surface area contributed by atoms with Gasteiger partial charge in [-0.2, -0.15) is 5.10 Å². The normalized spacial score (nSPS) is 11.9. The van der Waals surface area contributed by atoms with Gasteiger partial charge in [0, 0.05) is 25.4 Å². The standard InChI is InChI=1S/C20H29ClN4O.ClH/c1-19(2,3)25-11-15(18(26)24(6)13-20(4,5)12-22)17(23-25)14-9-7-8-10-16(14)21;/h7-11H,12-13,22H2,1-6H3;1H. The van der Waals surface area contributed by atoms with Crippen LogP contribution in [0.5, 0.6) is 0 Å². The first-order valence-electron chi connectivity index (χ1n) is 8.77. The number of amides is 1. The van der Waals surface area contributed by atoms with Gasteiger partial charge in [-0.3, -0.25) is 9.48 Å². The van der Waals surface area contributed by atoms with E-state index in [0.717, 1.165) is 5.56 Å². The molecular formula is C20H30Cl2N4O. The molecule has 0 aliphatic heterocycles. The number of nitrogens with two attached hydrogens (primary N) is 1. The predicted octanol–water partition coefficient (Wildman–Crippen LogP) is 4.44. The van der Waals surface area contributed by atoms with Crippen molar-refractivity contribution in [2.75, 3.05) is 20.1 Å². The highest BCUT2D eigenvalue weighted by molar-refractivity contribution is 6.33. The zero-order valence-corrected chi connectivity index (χ0v) is 18.5. The third-order valence-corrected chi connectivity index (χ3v) is 4.65. The Labute approximate surface area is 173 Å². The van der Waals surface area contributed by atoms with Crippen molar-refractivity contribution in [2.45, 2.75) is 40.2 Å². The van der Waals surface area contributed by atoms with Crippen LogP contribution in [0.25, 0.3) is 11.3 Å². The lowest BCUT2D eigenvalue weighted by Crippen LogP contribution is -2.39. The summed E-state index contributed by atoms with van der Waals surface area (Å²) < 4.78 is 1.82. The zero-order chi connectivity index (χ0) is 19.7. The maximum atomic E-state index is 13.2. The van der Waals surface area contributed by atoms with Gasteiger partial charge in [-0.05, 0) is 38.8 Å². The summed E-state index contributed by atoms with van der Waals surface area (Å²) in [5, 5.41) is 5.27. The summed E-state index contributed by atoms with van der Waals surface area (Å²) >= 11 is 6.38. The highest BCUT2D eigenvalue weighted by Gasteiger charge is 2.28. The second-order valence-corrected chi connectivity index (χ2v) is 8.92. The highest BCUT2D eigenvalue weighted by atomic mass is 35.5. The average molecular weight is 413 g/mol. The molecule has 0 saturated carbocycles. The quantitative estimate of drug-likeness (QED) is 0.789. The largest absolute Gasteiger partial charge is 0.341 e. The van der Waals surface area contributed by atoms with E-state index in [1.54, 1.807) is 11.9 Å². The minimum Gasteiger partial charge on any atom is -0.341 e.